The third-order valence-corrected chi connectivity index (χ3v) is 8.10. The number of carbonyl (C=O) groups is 1. The van der Waals surface area contributed by atoms with Gasteiger partial charge in [-0.3, -0.25) is 4.79 Å². The van der Waals surface area contributed by atoms with Gasteiger partial charge in [-0.25, -0.2) is 4.98 Å². The number of hydrogen-bond donors (Lipinski definition) is 0. The maximum absolute atomic E-state index is 12.8. The third-order valence-electron chi connectivity index (χ3n) is 8.10. The van der Waals surface area contributed by atoms with E-state index in [9.17, 15) is 4.79 Å². The number of imidazole rings is 1. The highest BCUT2D eigenvalue weighted by atomic mass is 16.5. The van der Waals surface area contributed by atoms with Crippen molar-refractivity contribution in [2.24, 2.45) is 5.92 Å². The van der Waals surface area contributed by atoms with E-state index in [0.717, 1.165) is 45.2 Å². The van der Waals surface area contributed by atoms with Crippen LogP contribution in [-0.4, -0.2) is 46.7 Å². The molecule has 1 aromatic rings. The van der Waals surface area contributed by atoms with E-state index in [1.54, 1.807) is 0 Å². The molecular formula is C33H63N3O2. The summed E-state index contributed by atoms with van der Waals surface area (Å²) in [5.41, 5.74) is 0. The fourth-order valence-electron chi connectivity index (χ4n) is 5.28. The zero-order valence-electron chi connectivity index (χ0n) is 25.8. The van der Waals surface area contributed by atoms with Crippen LogP contribution in [-0.2, 0) is 9.53 Å². The van der Waals surface area contributed by atoms with Crippen LogP contribution < -0.4 is 0 Å². The largest absolute Gasteiger partial charge is 0.465 e. The highest BCUT2D eigenvalue weighted by molar-refractivity contribution is 5.72. The zero-order valence-corrected chi connectivity index (χ0v) is 25.8. The Bertz CT molecular complexity index is 634. The summed E-state index contributed by atoms with van der Waals surface area (Å²) in [5, 5.41) is 0. The minimum Gasteiger partial charge on any atom is -0.465 e. The van der Waals surface area contributed by atoms with Crippen LogP contribution >= 0.6 is 0 Å². The molecule has 0 bridgehead atoms. The molecule has 1 aromatic heterocycles. The van der Waals surface area contributed by atoms with Gasteiger partial charge in [0.25, 0.3) is 0 Å². The Balaban J connectivity index is 2.14. The summed E-state index contributed by atoms with van der Waals surface area (Å²) in [6.07, 6.45) is 29.0. The molecule has 0 amide bonds. The number of ether oxygens (including phenoxy) is 1. The summed E-state index contributed by atoms with van der Waals surface area (Å²) in [6.45, 7) is 13.1. The second-order valence-electron chi connectivity index (χ2n) is 11.5. The van der Waals surface area contributed by atoms with Crippen LogP contribution in [0.15, 0.2) is 18.7 Å². The van der Waals surface area contributed by atoms with Gasteiger partial charge >= 0.3 is 5.97 Å². The Hall–Kier alpha value is -1.36. The first-order valence-corrected chi connectivity index (χ1v) is 16.5. The van der Waals surface area contributed by atoms with Gasteiger partial charge in [0, 0.05) is 25.0 Å². The molecule has 0 aliphatic carbocycles. The van der Waals surface area contributed by atoms with Crippen LogP contribution in [0.4, 0.5) is 0 Å². The molecule has 0 fully saturated rings. The topological polar surface area (TPSA) is 47.4 Å². The maximum Gasteiger partial charge on any atom is 0.308 e. The van der Waals surface area contributed by atoms with E-state index in [1.165, 1.54) is 96.4 Å². The summed E-state index contributed by atoms with van der Waals surface area (Å²) in [6, 6.07) is 0.501. The second-order valence-corrected chi connectivity index (χ2v) is 11.5. The summed E-state index contributed by atoms with van der Waals surface area (Å²) in [4.78, 5) is 19.5. The average Bonchev–Trinajstić information content (AvgIpc) is 3.47. The number of hydrogen-bond acceptors (Lipinski definition) is 4. The van der Waals surface area contributed by atoms with E-state index in [2.05, 4.69) is 48.3 Å². The first-order valence-electron chi connectivity index (χ1n) is 16.5. The Morgan fingerprint density at radius 1 is 0.763 bits per heavy atom. The van der Waals surface area contributed by atoms with E-state index in [0.29, 0.717) is 12.6 Å². The molecule has 0 aliphatic heterocycles. The number of rotatable bonds is 27. The van der Waals surface area contributed by atoms with E-state index in [1.807, 2.05) is 12.5 Å². The molecular weight excluding hydrogens is 470 g/mol. The molecule has 1 rings (SSSR count). The molecule has 5 nitrogen and oxygen atoms in total. The molecule has 38 heavy (non-hydrogen) atoms. The van der Waals surface area contributed by atoms with Crippen LogP contribution in [0.2, 0.25) is 0 Å². The standard InChI is InChI=1S/C33H63N3O2/c1-5-8-10-12-13-15-19-23-32(22-18-11-9-6-2)33(37)38-29-21-17-14-16-20-26-35(7-3)27-24-31(4)36-28-25-34-30-36/h25,28,30-32H,5-24,26-27,29H2,1-4H3. The van der Waals surface area contributed by atoms with Crippen molar-refractivity contribution in [2.75, 3.05) is 26.2 Å². The number of carbonyl (C=O) groups excluding carboxylic acids is 1. The molecule has 222 valence electrons. The van der Waals surface area contributed by atoms with Crippen LogP contribution in [0.1, 0.15) is 156 Å². The molecule has 0 N–H and O–H groups in total. The lowest BCUT2D eigenvalue weighted by Crippen LogP contribution is -2.27. The zero-order chi connectivity index (χ0) is 27.7. The molecule has 0 aliphatic rings. The van der Waals surface area contributed by atoms with Gasteiger partial charge in [-0.05, 0) is 52.1 Å². The van der Waals surface area contributed by atoms with Gasteiger partial charge in [0.1, 0.15) is 0 Å². The lowest BCUT2D eigenvalue weighted by Gasteiger charge is -2.23. The van der Waals surface area contributed by atoms with Gasteiger partial charge in [0.05, 0.1) is 18.9 Å². The van der Waals surface area contributed by atoms with Gasteiger partial charge in [-0.2, -0.15) is 0 Å². The monoisotopic (exact) mass is 533 g/mol. The Morgan fingerprint density at radius 2 is 1.34 bits per heavy atom. The molecule has 0 saturated heterocycles. The van der Waals surface area contributed by atoms with Gasteiger partial charge in [-0.15, -0.1) is 0 Å². The predicted molar refractivity (Wildman–Crippen MR) is 163 cm³/mol. The third kappa shape index (κ3) is 18.0. The van der Waals surface area contributed by atoms with Crippen molar-refractivity contribution in [3.8, 4) is 0 Å². The van der Waals surface area contributed by atoms with Crippen molar-refractivity contribution in [1.82, 2.24) is 14.5 Å². The predicted octanol–water partition coefficient (Wildman–Crippen LogP) is 9.38. The highest BCUT2D eigenvalue weighted by Crippen LogP contribution is 2.21. The number of nitrogens with zero attached hydrogens (tertiary/aromatic N) is 3. The summed E-state index contributed by atoms with van der Waals surface area (Å²) in [5.74, 6) is 0.204. The molecule has 5 heteroatoms. The van der Waals surface area contributed by atoms with Crippen molar-refractivity contribution >= 4 is 5.97 Å². The molecule has 0 saturated carbocycles. The molecule has 0 aromatic carbocycles. The number of unbranched alkanes of at least 4 members (excludes halogenated alkanes) is 13. The summed E-state index contributed by atoms with van der Waals surface area (Å²) < 4.78 is 7.96. The average molecular weight is 534 g/mol. The first kappa shape index (κ1) is 34.7. The lowest BCUT2D eigenvalue weighted by atomic mass is 9.94. The minimum atomic E-state index is 0.0796. The van der Waals surface area contributed by atoms with Gasteiger partial charge in [0.15, 0.2) is 0 Å². The van der Waals surface area contributed by atoms with Crippen molar-refractivity contribution in [2.45, 2.75) is 156 Å². The summed E-state index contributed by atoms with van der Waals surface area (Å²) in [7, 11) is 0. The van der Waals surface area contributed by atoms with Crippen LogP contribution in [0.25, 0.3) is 0 Å². The molecule has 2 atom stereocenters. The molecule has 1 heterocycles. The van der Waals surface area contributed by atoms with E-state index in [4.69, 9.17) is 4.74 Å². The van der Waals surface area contributed by atoms with E-state index >= 15 is 0 Å². The lowest BCUT2D eigenvalue weighted by molar-refractivity contribution is -0.149. The second kappa shape index (κ2) is 24.7. The SMILES string of the molecule is CCCCCCCCCC(CCCCCC)C(=O)OCCCCCCCN(CC)CCC(C)n1ccnc1. The quantitative estimate of drug-likeness (QED) is 0.0834. The normalized spacial score (nSPS) is 13.2. The van der Waals surface area contributed by atoms with Gasteiger partial charge < -0.3 is 14.2 Å². The molecule has 2 unspecified atom stereocenters. The fraction of sp³-hybridized carbons (Fsp3) is 0.879. The Kier molecular flexibility index (Phi) is 22.5. The molecule has 0 spiro atoms. The van der Waals surface area contributed by atoms with Crippen LogP contribution in [0, 0.1) is 5.92 Å². The first-order chi connectivity index (χ1) is 18.6. The number of aromatic nitrogens is 2. The molecule has 0 radical (unpaired) electrons. The van der Waals surface area contributed by atoms with E-state index in [-0.39, 0.29) is 11.9 Å². The Morgan fingerprint density at radius 3 is 1.95 bits per heavy atom. The van der Waals surface area contributed by atoms with Crippen LogP contribution in [0.3, 0.4) is 0 Å². The van der Waals surface area contributed by atoms with Crippen molar-refractivity contribution in [3.05, 3.63) is 18.7 Å². The van der Waals surface area contributed by atoms with Crippen LogP contribution in [0.5, 0.6) is 0 Å². The van der Waals surface area contributed by atoms with Crippen molar-refractivity contribution in [1.29, 1.82) is 0 Å². The van der Waals surface area contributed by atoms with E-state index < -0.39 is 0 Å². The van der Waals surface area contributed by atoms with Crippen molar-refractivity contribution in [3.63, 3.8) is 0 Å². The van der Waals surface area contributed by atoms with Crippen molar-refractivity contribution < 1.29 is 9.53 Å². The fourth-order valence-corrected chi connectivity index (χ4v) is 5.28. The summed E-state index contributed by atoms with van der Waals surface area (Å²) >= 11 is 0. The Labute approximate surface area is 236 Å². The smallest absolute Gasteiger partial charge is 0.308 e. The van der Waals surface area contributed by atoms with Gasteiger partial charge in [-0.1, -0.05) is 111 Å². The maximum atomic E-state index is 12.8. The minimum absolute atomic E-state index is 0.0796. The van der Waals surface area contributed by atoms with Gasteiger partial charge in [0.2, 0.25) is 0 Å². The number of esters is 1. The highest BCUT2D eigenvalue weighted by Gasteiger charge is 2.19.